The van der Waals surface area contributed by atoms with Crippen molar-refractivity contribution in [2.75, 3.05) is 18.8 Å². The average Bonchev–Trinajstić information content (AvgIpc) is 3.26. The van der Waals surface area contributed by atoms with Crippen LogP contribution in [0.5, 0.6) is 0 Å². The van der Waals surface area contributed by atoms with Crippen molar-refractivity contribution in [1.29, 1.82) is 0 Å². The number of sulfone groups is 1. The van der Waals surface area contributed by atoms with Gasteiger partial charge >= 0.3 is 18.0 Å². The summed E-state index contributed by atoms with van der Waals surface area (Å²) in [5, 5.41) is 10.9. The smallest absolute Gasteiger partial charge is 0.416 e. The molecule has 0 radical (unpaired) electrons. The van der Waals surface area contributed by atoms with E-state index in [4.69, 9.17) is 16.7 Å². The Hall–Kier alpha value is -3.36. The van der Waals surface area contributed by atoms with Crippen LogP contribution in [0.3, 0.4) is 0 Å². The van der Waals surface area contributed by atoms with Gasteiger partial charge in [0.05, 0.1) is 33.7 Å². The SMILES string of the molecule is CCS(=O)(=O)c1ccc(Cl)cc1Cn1c(=O)[nH]c2cc(CN3CC[C@H](NC(=O)O)C3)c(C(F)(F)F)cc2c1=O. The summed E-state index contributed by atoms with van der Waals surface area (Å²) < 4.78 is 67.9. The average molecular weight is 589 g/mol. The fourth-order valence-electron chi connectivity index (χ4n) is 4.69. The first-order chi connectivity index (χ1) is 18.2. The van der Waals surface area contributed by atoms with Gasteiger partial charge in [0.1, 0.15) is 0 Å². The van der Waals surface area contributed by atoms with E-state index in [9.17, 15) is 36.0 Å². The van der Waals surface area contributed by atoms with Crippen molar-refractivity contribution in [3.05, 3.63) is 72.9 Å². The van der Waals surface area contributed by atoms with Gasteiger partial charge in [-0.15, -0.1) is 0 Å². The Balaban J connectivity index is 1.78. The molecule has 0 saturated carbocycles. The third-order valence-electron chi connectivity index (χ3n) is 6.57. The van der Waals surface area contributed by atoms with E-state index in [1.54, 1.807) is 4.90 Å². The number of rotatable bonds is 7. The number of aromatic nitrogens is 2. The number of alkyl halides is 3. The number of fused-ring (bicyclic) bond motifs is 1. The zero-order valence-electron chi connectivity index (χ0n) is 20.5. The first-order valence-corrected chi connectivity index (χ1v) is 13.8. The number of benzene rings is 2. The van der Waals surface area contributed by atoms with Crippen molar-refractivity contribution in [1.82, 2.24) is 19.8 Å². The molecule has 210 valence electrons. The van der Waals surface area contributed by atoms with Crippen molar-refractivity contribution in [2.45, 2.75) is 43.5 Å². The van der Waals surface area contributed by atoms with Gasteiger partial charge in [0.2, 0.25) is 0 Å². The van der Waals surface area contributed by atoms with Crippen molar-refractivity contribution in [3.63, 3.8) is 0 Å². The highest BCUT2D eigenvalue weighted by atomic mass is 35.5. The van der Waals surface area contributed by atoms with Crippen LogP contribution < -0.4 is 16.6 Å². The van der Waals surface area contributed by atoms with Crippen molar-refractivity contribution in [2.24, 2.45) is 0 Å². The lowest BCUT2D eigenvalue weighted by Gasteiger charge is -2.20. The number of hydrogen-bond acceptors (Lipinski definition) is 6. The number of nitrogens with one attached hydrogen (secondary N) is 2. The number of carbonyl (C=O) groups is 1. The van der Waals surface area contributed by atoms with Crippen LogP contribution in [0.1, 0.15) is 30.0 Å². The fourth-order valence-corrected chi connectivity index (χ4v) is 6.00. The first-order valence-electron chi connectivity index (χ1n) is 11.8. The standard InChI is InChI=1S/C24H24ClF3N4O6S/c1-2-39(37,38)20-4-3-15(25)7-14(20)11-32-21(33)17-9-18(24(26,27)28)13(8-19(17)30-22(32)34)10-31-6-5-16(12-31)29-23(35)36/h3-4,7-9,16,29H,2,5-6,10-12H2,1H3,(H,30,34)(H,35,36)/t16-/m0/s1. The largest absolute Gasteiger partial charge is 0.465 e. The Morgan fingerprint density at radius 2 is 1.90 bits per heavy atom. The molecule has 2 aromatic carbocycles. The normalized spacial score (nSPS) is 16.6. The molecule has 0 spiro atoms. The number of likely N-dealkylation sites (tertiary alicyclic amines) is 1. The lowest BCUT2D eigenvalue weighted by atomic mass is 10.0. The predicted octanol–water partition coefficient (Wildman–Crippen LogP) is 3.05. The summed E-state index contributed by atoms with van der Waals surface area (Å²) in [4.78, 5) is 41.0. The van der Waals surface area contributed by atoms with Crippen LogP contribution in [0.2, 0.25) is 5.02 Å². The Labute approximate surface area is 224 Å². The van der Waals surface area contributed by atoms with E-state index in [1.165, 1.54) is 25.1 Å². The highest BCUT2D eigenvalue weighted by molar-refractivity contribution is 7.91. The van der Waals surface area contributed by atoms with Crippen LogP contribution in [0.15, 0.2) is 44.8 Å². The highest BCUT2D eigenvalue weighted by Gasteiger charge is 2.35. The lowest BCUT2D eigenvalue weighted by Crippen LogP contribution is -2.36. The summed E-state index contributed by atoms with van der Waals surface area (Å²) in [6.07, 6.45) is -5.64. The molecule has 0 aliphatic carbocycles. The molecule has 3 N–H and O–H groups in total. The minimum absolute atomic E-state index is 0.0440. The van der Waals surface area contributed by atoms with E-state index in [-0.39, 0.29) is 45.4 Å². The Kier molecular flexibility index (Phi) is 7.83. The molecule has 15 heteroatoms. The van der Waals surface area contributed by atoms with Gasteiger partial charge in [-0.1, -0.05) is 18.5 Å². The van der Waals surface area contributed by atoms with Crippen LogP contribution in [0, 0.1) is 0 Å². The van der Waals surface area contributed by atoms with Gasteiger partial charge in [-0.2, -0.15) is 13.2 Å². The molecule has 1 atom stereocenters. The number of nitrogens with zero attached hydrogens (tertiary/aromatic N) is 2. The first kappa shape index (κ1) is 28.6. The molecule has 1 aliphatic heterocycles. The van der Waals surface area contributed by atoms with E-state index in [0.29, 0.717) is 23.6 Å². The lowest BCUT2D eigenvalue weighted by molar-refractivity contribution is -0.138. The summed E-state index contributed by atoms with van der Waals surface area (Å²) in [6, 6.07) is 5.21. The Morgan fingerprint density at radius 1 is 1.18 bits per heavy atom. The molecule has 2 heterocycles. The second-order valence-electron chi connectivity index (χ2n) is 9.20. The number of H-pyrrole nitrogens is 1. The van der Waals surface area contributed by atoms with E-state index in [0.717, 1.165) is 6.07 Å². The highest BCUT2D eigenvalue weighted by Crippen LogP contribution is 2.34. The van der Waals surface area contributed by atoms with E-state index in [2.05, 4.69) is 10.3 Å². The van der Waals surface area contributed by atoms with Gasteiger partial charge in [0.25, 0.3) is 5.56 Å². The summed E-state index contributed by atoms with van der Waals surface area (Å²) in [6.45, 7) is 1.25. The molecule has 1 amide bonds. The number of carboxylic acid groups (broad SMARTS) is 1. The number of hydrogen-bond donors (Lipinski definition) is 3. The number of aromatic amines is 1. The molecule has 39 heavy (non-hydrogen) atoms. The Morgan fingerprint density at radius 3 is 2.54 bits per heavy atom. The molecular formula is C24H24ClF3N4O6S. The monoisotopic (exact) mass is 588 g/mol. The Bertz CT molecular complexity index is 1670. The molecule has 3 aromatic rings. The van der Waals surface area contributed by atoms with Crippen molar-refractivity contribution >= 4 is 38.4 Å². The molecule has 0 unspecified atom stereocenters. The molecule has 1 fully saturated rings. The van der Waals surface area contributed by atoms with Gasteiger partial charge in [-0.3, -0.25) is 14.3 Å². The summed E-state index contributed by atoms with van der Waals surface area (Å²) in [7, 11) is -3.76. The summed E-state index contributed by atoms with van der Waals surface area (Å²) in [5.41, 5.74) is -3.30. The fraction of sp³-hybridized carbons (Fsp3) is 0.375. The molecule has 0 bridgehead atoms. The van der Waals surface area contributed by atoms with Crippen LogP contribution in [0.4, 0.5) is 18.0 Å². The van der Waals surface area contributed by atoms with Crippen LogP contribution in [-0.2, 0) is 29.1 Å². The molecule has 4 rings (SSSR count). The maximum Gasteiger partial charge on any atom is 0.416 e. The molecule has 10 nitrogen and oxygen atoms in total. The van der Waals surface area contributed by atoms with Gasteiger partial charge in [0, 0.05) is 30.7 Å². The minimum atomic E-state index is -4.83. The van der Waals surface area contributed by atoms with E-state index < -0.39 is 56.9 Å². The second-order valence-corrected chi connectivity index (χ2v) is 11.9. The van der Waals surface area contributed by atoms with Crippen LogP contribution in [-0.4, -0.2) is 59.0 Å². The third kappa shape index (κ3) is 6.12. The number of amides is 1. The topological polar surface area (TPSA) is 142 Å². The third-order valence-corrected chi connectivity index (χ3v) is 8.63. The van der Waals surface area contributed by atoms with E-state index in [1.807, 2.05) is 0 Å². The molecule has 1 saturated heterocycles. The molecule has 1 aromatic heterocycles. The minimum Gasteiger partial charge on any atom is -0.465 e. The maximum absolute atomic E-state index is 14.1. The van der Waals surface area contributed by atoms with Gasteiger partial charge in [0.15, 0.2) is 9.84 Å². The van der Waals surface area contributed by atoms with Gasteiger partial charge in [-0.25, -0.2) is 18.0 Å². The van der Waals surface area contributed by atoms with Crippen LogP contribution >= 0.6 is 11.6 Å². The van der Waals surface area contributed by atoms with E-state index >= 15 is 0 Å². The van der Waals surface area contributed by atoms with Crippen LogP contribution in [0.25, 0.3) is 10.9 Å². The predicted molar refractivity (Wildman–Crippen MR) is 137 cm³/mol. The molecule has 1 aliphatic rings. The maximum atomic E-state index is 14.1. The summed E-state index contributed by atoms with van der Waals surface area (Å²) in [5.74, 6) is -0.257. The number of halogens is 4. The molecular weight excluding hydrogens is 565 g/mol. The zero-order valence-corrected chi connectivity index (χ0v) is 22.1. The van der Waals surface area contributed by atoms with Gasteiger partial charge < -0.3 is 15.4 Å². The second kappa shape index (κ2) is 10.7. The van der Waals surface area contributed by atoms with Crippen molar-refractivity contribution in [3.8, 4) is 0 Å². The summed E-state index contributed by atoms with van der Waals surface area (Å²) >= 11 is 6.01. The van der Waals surface area contributed by atoms with Crippen molar-refractivity contribution < 1.29 is 31.5 Å². The van der Waals surface area contributed by atoms with Gasteiger partial charge in [-0.05, 0) is 47.9 Å². The zero-order chi connectivity index (χ0) is 28.7. The quantitative estimate of drug-likeness (QED) is 0.385.